The van der Waals surface area contributed by atoms with Crippen molar-refractivity contribution in [1.29, 1.82) is 0 Å². The highest BCUT2D eigenvalue weighted by Crippen LogP contribution is 2.29. The second-order valence-corrected chi connectivity index (χ2v) is 4.32. The first-order chi connectivity index (χ1) is 7.84. The molecule has 0 amide bonds. The lowest BCUT2D eigenvalue weighted by Gasteiger charge is -2.25. The number of piperidine rings is 1. The number of rotatable bonds is 1. The van der Waals surface area contributed by atoms with Crippen molar-refractivity contribution in [3.8, 4) is 0 Å². The van der Waals surface area contributed by atoms with Crippen LogP contribution < -0.4 is 10.7 Å². The highest BCUT2D eigenvalue weighted by Gasteiger charge is 2.33. The van der Waals surface area contributed by atoms with E-state index in [2.05, 4.69) is 15.8 Å². The molecule has 2 N–H and O–H groups in total. The summed E-state index contributed by atoms with van der Waals surface area (Å²) in [6, 6.07) is 6.87. The predicted octanol–water partition coefficient (Wildman–Crippen LogP) is 1.44. The molecule has 0 bridgehead atoms. The lowest BCUT2D eigenvalue weighted by atomic mass is 9.87. The topological polar surface area (TPSA) is 36.4 Å². The summed E-state index contributed by atoms with van der Waals surface area (Å²) in [5.41, 5.74) is 5.51. The Balaban J connectivity index is 1.84. The third-order valence-corrected chi connectivity index (χ3v) is 3.33. The molecule has 1 fully saturated rings. The zero-order chi connectivity index (χ0) is 11.0. The third kappa shape index (κ3) is 1.59. The third-order valence-electron chi connectivity index (χ3n) is 3.33. The van der Waals surface area contributed by atoms with Gasteiger partial charge in [0.05, 0.1) is 6.04 Å². The number of hydrazone groups is 1. The summed E-state index contributed by atoms with van der Waals surface area (Å²) in [6.45, 7) is 1.96. The number of halogens is 1. The molecule has 0 saturated carbocycles. The van der Waals surface area contributed by atoms with Crippen LogP contribution in [0.2, 0.25) is 0 Å². The van der Waals surface area contributed by atoms with Crippen LogP contribution in [0.25, 0.3) is 0 Å². The maximum absolute atomic E-state index is 12.8. The van der Waals surface area contributed by atoms with Gasteiger partial charge in [0.1, 0.15) is 5.82 Å². The Hall–Kier alpha value is -1.42. The molecule has 3 nitrogen and oxygen atoms in total. The molecule has 0 aliphatic carbocycles. The van der Waals surface area contributed by atoms with Crippen LogP contribution in [0.1, 0.15) is 18.0 Å². The fourth-order valence-corrected chi connectivity index (χ4v) is 2.45. The van der Waals surface area contributed by atoms with Gasteiger partial charge in [-0.3, -0.25) is 0 Å². The molecule has 2 heterocycles. The SMILES string of the molecule is Fc1ccc(C2NN=C3CCNCC32)cc1. The van der Waals surface area contributed by atoms with Gasteiger partial charge < -0.3 is 10.7 Å². The van der Waals surface area contributed by atoms with E-state index in [1.54, 1.807) is 0 Å². The molecule has 2 atom stereocenters. The highest BCUT2D eigenvalue weighted by atomic mass is 19.1. The molecule has 1 saturated heterocycles. The average Bonchev–Trinajstić information content (AvgIpc) is 2.74. The zero-order valence-electron chi connectivity index (χ0n) is 8.91. The van der Waals surface area contributed by atoms with E-state index in [0.29, 0.717) is 5.92 Å². The van der Waals surface area contributed by atoms with Crippen molar-refractivity contribution in [2.75, 3.05) is 13.1 Å². The summed E-state index contributed by atoms with van der Waals surface area (Å²) in [5.74, 6) is 0.226. The van der Waals surface area contributed by atoms with Crippen LogP contribution in [-0.2, 0) is 0 Å². The predicted molar refractivity (Wildman–Crippen MR) is 60.7 cm³/mol. The van der Waals surface area contributed by atoms with Gasteiger partial charge in [-0.05, 0) is 17.7 Å². The molecule has 2 aliphatic heterocycles. The maximum Gasteiger partial charge on any atom is 0.123 e. The van der Waals surface area contributed by atoms with Crippen LogP contribution >= 0.6 is 0 Å². The smallest absolute Gasteiger partial charge is 0.123 e. The van der Waals surface area contributed by atoms with E-state index in [4.69, 9.17) is 0 Å². The van der Waals surface area contributed by atoms with Crippen LogP contribution in [-0.4, -0.2) is 18.8 Å². The number of hydrogen-bond acceptors (Lipinski definition) is 3. The Morgan fingerprint density at radius 3 is 2.88 bits per heavy atom. The molecule has 2 unspecified atom stereocenters. The van der Waals surface area contributed by atoms with Gasteiger partial charge in [0.25, 0.3) is 0 Å². The molecule has 3 rings (SSSR count). The minimum Gasteiger partial charge on any atom is -0.316 e. The van der Waals surface area contributed by atoms with Crippen LogP contribution in [0.5, 0.6) is 0 Å². The van der Waals surface area contributed by atoms with Gasteiger partial charge >= 0.3 is 0 Å². The molecular weight excluding hydrogens is 205 g/mol. The Kier molecular flexibility index (Phi) is 2.36. The largest absolute Gasteiger partial charge is 0.316 e. The van der Waals surface area contributed by atoms with Crippen LogP contribution in [0.4, 0.5) is 4.39 Å². The van der Waals surface area contributed by atoms with E-state index in [1.165, 1.54) is 17.8 Å². The Morgan fingerprint density at radius 2 is 2.06 bits per heavy atom. The first-order valence-electron chi connectivity index (χ1n) is 5.63. The molecule has 84 valence electrons. The summed E-state index contributed by atoms with van der Waals surface area (Å²) in [5, 5.41) is 7.74. The molecule has 2 aliphatic rings. The number of benzene rings is 1. The number of hydrogen-bond donors (Lipinski definition) is 2. The second kappa shape index (κ2) is 3.87. The summed E-state index contributed by atoms with van der Waals surface area (Å²) in [4.78, 5) is 0. The molecule has 4 heteroatoms. The lowest BCUT2D eigenvalue weighted by Crippen LogP contribution is -2.38. The fourth-order valence-electron chi connectivity index (χ4n) is 2.45. The standard InChI is InChI=1S/C12H14FN3/c13-9-3-1-8(2-4-9)12-10-7-14-6-5-11(10)15-16-12/h1-4,10,12,14,16H,5-7H2. The van der Waals surface area contributed by atoms with Crippen molar-refractivity contribution in [3.63, 3.8) is 0 Å². The van der Waals surface area contributed by atoms with Crippen molar-refractivity contribution in [1.82, 2.24) is 10.7 Å². The molecular formula is C12H14FN3. The summed E-state index contributed by atoms with van der Waals surface area (Å²) in [7, 11) is 0. The Bertz CT molecular complexity index is 413. The summed E-state index contributed by atoms with van der Waals surface area (Å²) < 4.78 is 12.8. The maximum atomic E-state index is 12.8. The van der Waals surface area contributed by atoms with Crippen molar-refractivity contribution in [2.45, 2.75) is 12.5 Å². The molecule has 16 heavy (non-hydrogen) atoms. The van der Waals surface area contributed by atoms with Crippen LogP contribution in [0, 0.1) is 11.7 Å². The van der Waals surface area contributed by atoms with E-state index >= 15 is 0 Å². The monoisotopic (exact) mass is 219 g/mol. The minimum absolute atomic E-state index is 0.190. The number of nitrogens with zero attached hydrogens (tertiary/aromatic N) is 1. The summed E-state index contributed by atoms with van der Waals surface area (Å²) >= 11 is 0. The second-order valence-electron chi connectivity index (χ2n) is 4.32. The zero-order valence-corrected chi connectivity index (χ0v) is 8.91. The molecule has 1 aromatic carbocycles. The lowest BCUT2D eigenvalue weighted by molar-refractivity contribution is 0.450. The van der Waals surface area contributed by atoms with Gasteiger partial charge in [-0.2, -0.15) is 5.10 Å². The normalized spacial score (nSPS) is 28.2. The Morgan fingerprint density at radius 1 is 1.25 bits per heavy atom. The van der Waals surface area contributed by atoms with E-state index < -0.39 is 0 Å². The quantitative estimate of drug-likeness (QED) is 0.749. The van der Waals surface area contributed by atoms with Gasteiger partial charge in [-0.1, -0.05) is 12.1 Å². The first-order valence-corrected chi connectivity index (χ1v) is 5.63. The van der Waals surface area contributed by atoms with Crippen molar-refractivity contribution >= 4 is 5.71 Å². The average molecular weight is 219 g/mol. The molecule has 0 spiro atoms. The highest BCUT2D eigenvalue weighted by molar-refractivity contribution is 5.89. The van der Waals surface area contributed by atoms with Crippen LogP contribution in [0.3, 0.4) is 0 Å². The van der Waals surface area contributed by atoms with Gasteiger partial charge in [0.15, 0.2) is 0 Å². The summed E-state index contributed by atoms with van der Waals surface area (Å²) in [6.07, 6.45) is 1.01. The minimum atomic E-state index is -0.190. The van der Waals surface area contributed by atoms with Crippen molar-refractivity contribution in [2.24, 2.45) is 11.0 Å². The van der Waals surface area contributed by atoms with Gasteiger partial charge in [-0.25, -0.2) is 4.39 Å². The number of fused-ring (bicyclic) bond motifs is 1. The fraction of sp³-hybridized carbons (Fsp3) is 0.417. The first kappa shape index (κ1) is 9.78. The van der Waals surface area contributed by atoms with E-state index in [-0.39, 0.29) is 11.9 Å². The van der Waals surface area contributed by atoms with E-state index in [1.807, 2.05) is 12.1 Å². The Labute approximate surface area is 93.7 Å². The molecule has 0 radical (unpaired) electrons. The molecule has 1 aromatic rings. The van der Waals surface area contributed by atoms with Crippen LogP contribution in [0.15, 0.2) is 29.4 Å². The van der Waals surface area contributed by atoms with Gasteiger partial charge in [-0.15, -0.1) is 0 Å². The van der Waals surface area contributed by atoms with E-state index in [9.17, 15) is 4.39 Å². The number of nitrogens with one attached hydrogen (secondary N) is 2. The molecule has 0 aromatic heterocycles. The van der Waals surface area contributed by atoms with Gasteiger partial charge in [0.2, 0.25) is 0 Å². The van der Waals surface area contributed by atoms with E-state index in [0.717, 1.165) is 25.1 Å². The van der Waals surface area contributed by atoms with Gasteiger partial charge in [0, 0.05) is 31.1 Å². The van der Waals surface area contributed by atoms with Crippen molar-refractivity contribution in [3.05, 3.63) is 35.6 Å². The van der Waals surface area contributed by atoms with Crippen molar-refractivity contribution < 1.29 is 4.39 Å².